The van der Waals surface area contributed by atoms with Crippen LogP contribution in [0.25, 0.3) is 0 Å². The van der Waals surface area contributed by atoms with E-state index in [0.717, 1.165) is 0 Å². The van der Waals surface area contributed by atoms with Gasteiger partial charge in [0, 0.05) is 11.1 Å². The number of hydrogen-bond donors (Lipinski definition) is 1. The molecule has 0 atom stereocenters. The van der Waals surface area contributed by atoms with Crippen molar-refractivity contribution in [1.82, 2.24) is 9.97 Å². The van der Waals surface area contributed by atoms with E-state index >= 15 is 0 Å². The maximum atomic E-state index is 5.64. The molecule has 82 valence electrons. The van der Waals surface area contributed by atoms with Crippen LogP contribution in [0, 0.1) is 6.92 Å². The molecule has 0 bridgehead atoms. The van der Waals surface area contributed by atoms with Gasteiger partial charge < -0.3 is 10.1 Å². The monoisotopic (exact) mass is 227 g/mol. The number of nitrogens with one attached hydrogen (secondary N) is 1. The minimum absolute atomic E-state index is 0.476. The molecule has 4 nitrogen and oxygen atoms in total. The average molecular weight is 228 g/mol. The predicted molar refractivity (Wildman–Crippen MR) is 61.4 cm³/mol. The van der Waals surface area contributed by atoms with Crippen molar-refractivity contribution in [3.63, 3.8) is 0 Å². The minimum atomic E-state index is 0.476. The number of nitrogens with zero attached hydrogens (tertiary/aromatic N) is 2. The Bertz CT molecular complexity index is 355. The average Bonchev–Trinajstić information content (AvgIpc) is 2.14. The molecule has 0 aliphatic rings. The van der Waals surface area contributed by atoms with Crippen molar-refractivity contribution in [1.29, 1.82) is 0 Å². The van der Waals surface area contributed by atoms with E-state index in [1.165, 1.54) is 0 Å². The van der Waals surface area contributed by atoms with Crippen LogP contribution in [-0.2, 0) is 0 Å². The van der Waals surface area contributed by atoms with Crippen LogP contribution in [0.4, 0.5) is 5.82 Å². The summed E-state index contributed by atoms with van der Waals surface area (Å²) in [4.78, 5) is 8.31. The van der Waals surface area contributed by atoms with Crippen LogP contribution in [0.1, 0.15) is 12.7 Å². The van der Waals surface area contributed by atoms with Crippen molar-refractivity contribution in [2.75, 3.05) is 18.5 Å². The molecule has 0 saturated heterocycles. The molecule has 15 heavy (non-hydrogen) atoms. The van der Waals surface area contributed by atoms with Gasteiger partial charge in [0.25, 0.3) is 0 Å². The van der Waals surface area contributed by atoms with Gasteiger partial charge in [-0.1, -0.05) is 18.2 Å². The van der Waals surface area contributed by atoms with E-state index in [0.29, 0.717) is 35.7 Å². The zero-order valence-electron chi connectivity index (χ0n) is 8.88. The van der Waals surface area contributed by atoms with Gasteiger partial charge in [-0.25, -0.2) is 4.98 Å². The Morgan fingerprint density at radius 2 is 2.33 bits per heavy atom. The van der Waals surface area contributed by atoms with Crippen LogP contribution in [0.2, 0.25) is 0 Å². The number of aryl methyl sites for hydroxylation is 1. The van der Waals surface area contributed by atoms with E-state index in [-0.39, 0.29) is 0 Å². The summed E-state index contributed by atoms with van der Waals surface area (Å²) in [6.45, 7) is 8.35. The highest BCUT2D eigenvalue weighted by molar-refractivity contribution is 6.29. The summed E-state index contributed by atoms with van der Waals surface area (Å²) in [6, 6.07) is 1.73. The lowest BCUT2D eigenvalue weighted by molar-refractivity contribution is 0.325. The number of hydrogen-bond acceptors (Lipinski definition) is 4. The summed E-state index contributed by atoms with van der Waals surface area (Å²) >= 11 is 5.64. The maximum Gasteiger partial charge on any atom is 0.218 e. The van der Waals surface area contributed by atoms with Crippen LogP contribution >= 0.6 is 11.6 Å². The molecular formula is C10H14ClN3O. The first-order chi connectivity index (χ1) is 7.11. The highest BCUT2D eigenvalue weighted by Crippen LogP contribution is 2.13. The molecule has 0 saturated carbocycles. The Hall–Kier alpha value is -1.29. The predicted octanol–water partition coefficient (Wildman–Crippen LogP) is 2.35. The Morgan fingerprint density at radius 3 is 2.93 bits per heavy atom. The number of aromatic nitrogens is 2. The van der Waals surface area contributed by atoms with Crippen LogP contribution in [0.5, 0.6) is 5.88 Å². The minimum Gasteiger partial charge on any atom is -0.478 e. The van der Waals surface area contributed by atoms with E-state index in [1.54, 1.807) is 6.07 Å². The fraction of sp³-hybridized carbons (Fsp3) is 0.400. The molecule has 0 aromatic carbocycles. The second kappa shape index (κ2) is 5.56. The molecule has 0 spiro atoms. The van der Waals surface area contributed by atoms with E-state index in [4.69, 9.17) is 16.3 Å². The molecule has 1 heterocycles. The van der Waals surface area contributed by atoms with Crippen molar-refractivity contribution < 1.29 is 4.74 Å². The number of halogens is 1. The highest BCUT2D eigenvalue weighted by atomic mass is 35.5. The molecule has 5 heteroatoms. The molecule has 1 rings (SSSR count). The van der Waals surface area contributed by atoms with Gasteiger partial charge in [0.1, 0.15) is 11.6 Å². The molecule has 0 unspecified atom stereocenters. The molecule has 0 aliphatic heterocycles. The summed E-state index contributed by atoms with van der Waals surface area (Å²) in [7, 11) is 0. The first-order valence-electron chi connectivity index (χ1n) is 4.67. The first kappa shape index (κ1) is 11.8. The first-order valence-corrected chi connectivity index (χ1v) is 5.05. The van der Waals surface area contributed by atoms with Gasteiger partial charge in [0.15, 0.2) is 0 Å². The van der Waals surface area contributed by atoms with E-state index in [9.17, 15) is 0 Å². The van der Waals surface area contributed by atoms with Gasteiger partial charge in [0.2, 0.25) is 5.88 Å². The Morgan fingerprint density at radius 1 is 1.60 bits per heavy atom. The van der Waals surface area contributed by atoms with Crippen molar-refractivity contribution in [2.24, 2.45) is 0 Å². The van der Waals surface area contributed by atoms with Crippen LogP contribution in [0.15, 0.2) is 17.7 Å². The highest BCUT2D eigenvalue weighted by Gasteiger charge is 2.01. The molecule has 0 aliphatic carbocycles. The lowest BCUT2D eigenvalue weighted by Crippen LogP contribution is -2.06. The van der Waals surface area contributed by atoms with Gasteiger partial charge in [-0.05, 0) is 13.8 Å². The second-order valence-corrected chi connectivity index (χ2v) is 3.48. The summed E-state index contributed by atoms with van der Waals surface area (Å²) in [5.74, 6) is 1.91. The van der Waals surface area contributed by atoms with Crippen molar-refractivity contribution in [2.45, 2.75) is 13.8 Å². The zero-order valence-corrected chi connectivity index (χ0v) is 9.64. The summed E-state index contributed by atoms with van der Waals surface area (Å²) in [5.41, 5.74) is 0. The zero-order chi connectivity index (χ0) is 11.3. The third kappa shape index (κ3) is 4.16. The van der Waals surface area contributed by atoms with Crippen LogP contribution in [-0.4, -0.2) is 23.1 Å². The fourth-order valence-corrected chi connectivity index (χ4v) is 1.11. The number of ether oxygens (including phenoxy) is 1. The van der Waals surface area contributed by atoms with Crippen LogP contribution < -0.4 is 10.1 Å². The van der Waals surface area contributed by atoms with E-state index in [1.807, 2.05) is 13.8 Å². The Kier molecular flexibility index (Phi) is 4.37. The van der Waals surface area contributed by atoms with Gasteiger partial charge in [0.05, 0.1) is 13.2 Å². The summed E-state index contributed by atoms with van der Waals surface area (Å²) < 4.78 is 5.29. The lowest BCUT2D eigenvalue weighted by Gasteiger charge is -2.07. The van der Waals surface area contributed by atoms with Gasteiger partial charge in [-0.15, -0.1) is 0 Å². The molecule has 0 amide bonds. The number of rotatable bonds is 5. The van der Waals surface area contributed by atoms with Crippen LogP contribution in [0.3, 0.4) is 0 Å². The summed E-state index contributed by atoms with van der Waals surface area (Å²) in [5, 5.41) is 3.55. The smallest absolute Gasteiger partial charge is 0.218 e. The Labute approximate surface area is 94.3 Å². The molecule has 1 aromatic rings. The third-order valence-electron chi connectivity index (χ3n) is 1.57. The molecule has 1 N–H and O–H groups in total. The van der Waals surface area contributed by atoms with E-state index < -0.39 is 0 Å². The standard InChI is InChI=1S/C10H14ClN3O/c1-4-15-10-5-9(12-6-7(2)11)13-8(3)14-10/h5H,2,4,6H2,1,3H3,(H,12,13,14). The van der Waals surface area contributed by atoms with Gasteiger partial charge in [-0.2, -0.15) is 4.98 Å². The normalized spacial score (nSPS) is 9.80. The van der Waals surface area contributed by atoms with E-state index in [2.05, 4.69) is 21.9 Å². The number of anilines is 1. The molecule has 0 radical (unpaired) electrons. The quantitative estimate of drug-likeness (QED) is 0.839. The van der Waals surface area contributed by atoms with Crippen molar-refractivity contribution in [3.8, 4) is 5.88 Å². The topological polar surface area (TPSA) is 47.0 Å². The maximum absolute atomic E-state index is 5.64. The lowest BCUT2D eigenvalue weighted by atomic mass is 10.5. The van der Waals surface area contributed by atoms with Gasteiger partial charge in [-0.3, -0.25) is 0 Å². The van der Waals surface area contributed by atoms with Crippen molar-refractivity contribution in [3.05, 3.63) is 23.5 Å². The SMILES string of the molecule is C=C(Cl)CNc1cc(OCC)nc(C)n1. The largest absolute Gasteiger partial charge is 0.478 e. The van der Waals surface area contributed by atoms with Crippen molar-refractivity contribution >= 4 is 17.4 Å². The Balaban J connectivity index is 2.74. The molecule has 1 aromatic heterocycles. The molecular weight excluding hydrogens is 214 g/mol. The third-order valence-corrected chi connectivity index (χ3v) is 1.70. The second-order valence-electron chi connectivity index (χ2n) is 2.94. The fourth-order valence-electron chi connectivity index (χ4n) is 1.04. The summed E-state index contributed by atoms with van der Waals surface area (Å²) in [6.07, 6.45) is 0. The van der Waals surface area contributed by atoms with Gasteiger partial charge >= 0.3 is 0 Å². The molecule has 0 fully saturated rings.